The number of esters is 2. The number of rotatable bonds is 10. The SMILES string of the molecule is COC(=O)C[C@H](NC(=O)COc1cccc2c1c1c(C(N)=O)cccc1n2Cc1ccccc1)C(=O)OC. The second-order valence-electron chi connectivity index (χ2n) is 8.50. The standard InChI is InChI=1S/C28H27N3O7/c1-36-24(33)14-19(28(35)37-2)30-23(32)16-38-22-13-7-12-21-26(22)25-18(27(29)34)10-6-11-20(25)31(21)15-17-8-4-3-5-9-17/h3-13,19H,14-16H2,1-2H3,(H2,29,34)(H,30,32)/t19-/m0/s1. The highest BCUT2D eigenvalue weighted by molar-refractivity contribution is 6.19. The van der Waals surface area contributed by atoms with E-state index in [1.54, 1.807) is 24.3 Å². The molecule has 0 aliphatic rings. The molecule has 0 saturated heterocycles. The summed E-state index contributed by atoms with van der Waals surface area (Å²) in [6.07, 6.45) is -0.389. The lowest BCUT2D eigenvalue weighted by molar-refractivity contribution is -0.150. The number of benzene rings is 3. The predicted molar refractivity (Wildman–Crippen MR) is 140 cm³/mol. The van der Waals surface area contributed by atoms with Gasteiger partial charge in [0.15, 0.2) is 6.61 Å². The van der Waals surface area contributed by atoms with Crippen LogP contribution in [0.25, 0.3) is 21.8 Å². The van der Waals surface area contributed by atoms with Crippen LogP contribution in [0.1, 0.15) is 22.3 Å². The van der Waals surface area contributed by atoms with Gasteiger partial charge in [-0.05, 0) is 29.8 Å². The number of nitrogens with one attached hydrogen (secondary N) is 1. The highest BCUT2D eigenvalue weighted by Gasteiger charge is 2.26. The molecule has 0 unspecified atom stereocenters. The molecule has 38 heavy (non-hydrogen) atoms. The van der Waals surface area contributed by atoms with E-state index in [9.17, 15) is 19.2 Å². The van der Waals surface area contributed by atoms with Crippen LogP contribution in [-0.4, -0.2) is 55.2 Å². The van der Waals surface area contributed by atoms with Crippen LogP contribution >= 0.6 is 0 Å². The minimum atomic E-state index is -1.23. The third kappa shape index (κ3) is 5.44. The van der Waals surface area contributed by atoms with Gasteiger partial charge in [-0.1, -0.05) is 42.5 Å². The number of carbonyl (C=O) groups excluding carboxylic acids is 4. The Labute approximate surface area is 218 Å². The number of hydrogen-bond donors (Lipinski definition) is 2. The molecule has 0 saturated carbocycles. The van der Waals surface area contributed by atoms with Crippen molar-refractivity contribution < 1.29 is 33.4 Å². The van der Waals surface area contributed by atoms with Gasteiger partial charge >= 0.3 is 11.9 Å². The number of ether oxygens (including phenoxy) is 3. The molecule has 0 bridgehead atoms. The Morgan fingerprint density at radius 2 is 1.55 bits per heavy atom. The summed E-state index contributed by atoms with van der Waals surface area (Å²) in [5.74, 6) is -2.36. The number of fused-ring (bicyclic) bond motifs is 3. The zero-order chi connectivity index (χ0) is 27.2. The van der Waals surface area contributed by atoms with E-state index in [2.05, 4.69) is 19.4 Å². The van der Waals surface area contributed by atoms with Crippen molar-refractivity contribution in [1.29, 1.82) is 0 Å². The Bertz CT molecular complexity index is 1510. The molecule has 4 rings (SSSR count). The molecule has 0 radical (unpaired) electrons. The molecule has 10 nitrogen and oxygen atoms in total. The molecule has 0 fully saturated rings. The Hall–Kier alpha value is -4.86. The lowest BCUT2D eigenvalue weighted by Crippen LogP contribution is -2.44. The first-order valence-electron chi connectivity index (χ1n) is 11.8. The van der Waals surface area contributed by atoms with Crippen LogP contribution in [0.15, 0.2) is 66.7 Å². The van der Waals surface area contributed by atoms with Gasteiger partial charge in [0, 0.05) is 17.5 Å². The molecule has 2 amide bonds. The van der Waals surface area contributed by atoms with Crippen molar-refractivity contribution in [3.63, 3.8) is 0 Å². The van der Waals surface area contributed by atoms with E-state index in [1.165, 1.54) is 7.11 Å². The summed E-state index contributed by atoms with van der Waals surface area (Å²) in [5.41, 5.74) is 8.66. The Morgan fingerprint density at radius 1 is 0.868 bits per heavy atom. The number of carbonyl (C=O) groups is 4. The molecule has 1 heterocycles. The Kier molecular flexibility index (Phi) is 7.91. The maximum atomic E-state index is 12.7. The summed E-state index contributed by atoms with van der Waals surface area (Å²) < 4.78 is 17.2. The molecule has 4 aromatic rings. The summed E-state index contributed by atoms with van der Waals surface area (Å²) >= 11 is 0. The van der Waals surface area contributed by atoms with E-state index in [0.29, 0.717) is 28.6 Å². The van der Waals surface area contributed by atoms with Gasteiger partial charge in [0.25, 0.3) is 5.91 Å². The average Bonchev–Trinajstić information content (AvgIpc) is 3.25. The second-order valence-corrected chi connectivity index (χ2v) is 8.50. The summed E-state index contributed by atoms with van der Waals surface area (Å²) in [7, 11) is 2.33. The Morgan fingerprint density at radius 3 is 2.21 bits per heavy atom. The molecular formula is C28H27N3O7. The van der Waals surface area contributed by atoms with Gasteiger partial charge in [0.2, 0.25) is 5.91 Å². The van der Waals surface area contributed by atoms with Crippen LogP contribution in [0.5, 0.6) is 5.75 Å². The summed E-state index contributed by atoms with van der Waals surface area (Å²) in [5, 5.41) is 3.67. The van der Waals surface area contributed by atoms with Gasteiger partial charge in [0.05, 0.1) is 37.1 Å². The van der Waals surface area contributed by atoms with Crippen LogP contribution in [0.4, 0.5) is 0 Å². The maximum absolute atomic E-state index is 12.7. The van der Waals surface area contributed by atoms with Crippen molar-refractivity contribution in [2.75, 3.05) is 20.8 Å². The first-order valence-corrected chi connectivity index (χ1v) is 11.8. The van der Waals surface area contributed by atoms with Crippen LogP contribution < -0.4 is 15.8 Å². The smallest absolute Gasteiger partial charge is 0.328 e. The van der Waals surface area contributed by atoms with Crippen LogP contribution in [0.2, 0.25) is 0 Å². The monoisotopic (exact) mass is 517 g/mol. The van der Waals surface area contributed by atoms with Gasteiger partial charge in [-0.15, -0.1) is 0 Å². The topological polar surface area (TPSA) is 139 Å². The van der Waals surface area contributed by atoms with Crippen molar-refractivity contribution in [3.05, 3.63) is 77.9 Å². The molecule has 3 N–H and O–H groups in total. The van der Waals surface area contributed by atoms with Gasteiger partial charge < -0.3 is 29.8 Å². The van der Waals surface area contributed by atoms with Gasteiger partial charge in [-0.3, -0.25) is 14.4 Å². The van der Waals surface area contributed by atoms with Crippen molar-refractivity contribution in [2.45, 2.75) is 19.0 Å². The quantitative estimate of drug-likeness (QED) is 0.308. The first kappa shape index (κ1) is 26.2. The molecule has 3 aromatic carbocycles. The van der Waals surface area contributed by atoms with E-state index >= 15 is 0 Å². The van der Waals surface area contributed by atoms with E-state index in [1.807, 2.05) is 42.5 Å². The largest absolute Gasteiger partial charge is 0.483 e. The molecule has 196 valence electrons. The fraction of sp³-hybridized carbons (Fsp3) is 0.214. The molecule has 0 aliphatic carbocycles. The zero-order valence-corrected chi connectivity index (χ0v) is 20.9. The van der Waals surface area contributed by atoms with Crippen LogP contribution in [0.3, 0.4) is 0 Å². The Balaban J connectivity index is 1.70. The highest BCUT2D eigenvalue weighted by Crippen LogP contribution is 2.38. The normalized spacial score (nSPS) is 11.6. The van der Waals surface area contributed by atoms with Crippen LogP contribution in [0, 0.1) is 0 Å². The molecular weight excluding hydrogens is 490 g/mol. The van der Waals surface area contributed by atoms with Gasteiger partial charge in [-0.2, -0.15) is 0 Å². The number of primary amides is 1. The van der Waals surface area contributed by atoms with Gasteiger partial charge in [-0.25, -0.2) is 4.79 Å². The van der Waals surface area contributed by atoms with Crippen LogP contribution in [-0.2, 0) is 30.4 Å². The minimum absolute atomic E-state index is 0.323. The molecule has 1 aromatic heterocycles. The van der Waals surface area contributed by atoms with E-state index < -0.39 is 36.4 Å². The number of methoxy groups -OCH3 is 2. The molecule has 0 aliphatic heterocycles. The highest BCUT2D eigenvalue weighted by atomic mass is 16.5. The molecule has 10 heteroatoms. The summed E-state index contributed by atoms with van der Waals surface area (Å²) in [4.78, 5) is 48.7. The third-order valence-electron chi connectivity index (χ3n) is 6.11. The third-order valence-corrected chi connectivity index (χ3v) is 6.11. The maximum Gasteiger partial charge on any atom is 0.328 e. The fourth-order valence-electron chi connectivity index (χ4n) is 4.38. The molecule has 0 spiro atoms. The van der Waals surface area contributed by atoms with E-state index in [0.717, 1.165) is 23.7 Å². The summed E-state index contributed by atoms with van der Waals surface area (Å²) in [6, 6.07) is 19.3. The number of hydrogen-bond acceptors (Lipinski definition) is 7. The van der Waals surface area contributed by atoms with Crippen molar-refractivity contribution in [1.82, 2.24) is 9.88 Å². The van der Waals surface area contributed by atoms with E-state index in [4.69, 9.17) is 10.5 Å². The second kappa shape index (κ2) is 11.5. The summed E-state index contributed by atoms with van der Waals surface area (Å²) in [6.45, 7) is 0.0687. The van der Waals surface area contributed by atoms with Crippen molar-refractivity contribution >= 4 is 45.6 Å². The molecule has 1 atom stereocenters. The fourth-order valence-corrected chi connectivity index (χ4v) is 4.38. The zero-order valence-electron chi connectivity index (χ0n) is 20.9. The van der Waals surface area contributed by atoms with Crippen molar-refractivity contribution in [2.24, 2.45) is 5.73 Å². The number of nitrogens with zero attached hydrogens (tertiary/aromatic N) is 1. The lowest BCUT2D eigenvalue weighted by atomic mass is 10.1. The van der Waals surface area contributed by atoms with Crippen molar-refractivity contribution in [3.8, 4) is 5.75 Å². The number of amides is 2. The number of aromatic nitrogens is 1. The average molecular weight is 518 g/mol. The van der Waals surface area contributed by atoms with Gasteiger partial charge in [0.1, 0.15) is 11.8 Å². The first-order chi connectivity index (χ1) is 18.3. The lowest BCUT2D eigenvalue weighted by Gasteiger charge is -2.16. The number of nitrogens with two attached hydrogens (primary N) is 1. The predicted octanol–water partition coefficient (Wildman–Crippen LogP) is 2.54. The van der Waals surface area contributed by atoms with E-state index in [-0.39, 0.29) is 6.42 Å². The minimum Gasteiger partial charge on any atom is -0.483 e.